The van der Waals surface area contributed by atoms with Gasteiger partial charge in [-0.1, -0.05) is 0 Å². The first-order chi connectivity index (χ1) is 11.3. The third kappa shape index (κ3) is 8.70. The van der Waals surface area contributed by atoms with E-state index >= 15 is 0 Å². The molecule has 11 heteroatoms. The van der Waals surface area contributed by atoms with Crippen molar-refractivity contribution >= 4 is 15.9 Å². The van der Waals surface area contributed by atoms with Crippen LogP contribution in [0.4, 0.5) is 13.2 Å². The summed E-state index contributed by atoms with van der Waals surface area (Å²) in [7, 11) is -3.95. The molecule has 25 heavy (non-hydrogen) atoms. The maximum Gasteiger partial charge on any atom is 0.573 e. The lowest BCUT2D eigenvalue weighted by Crippen LogP contribution is -2.45. The van der Waals surface area contributed by atoms with E-state index in [0.717, 1.165) is 24.3 Å². The first-order valence-electron chi connectivity index (χ1n) is 7.20. The molecule has 0 aliphatic heterocycles. The molecule has 0 aliphatic carbocycles. The number of alkyl halides is 3. The van der Waals surface area contributed by atoms with Crippen molar-refractivity contribution in [3.63, 3.8) is 0 Å². The van der Waals surface area contributed by atoms with Gasteiger partial charge in [0, 0.05) is 25.0 Å². The van der Waals surface area contributed by atoms with Gasteiger partial charge in [0.25, 0.3) is 0 Å². The molecule has 1 rings (SSSR count). The molecule has 0 aromatic heterocycles. The Morgan fingerprint density at radius 3 is 2.24 bits per heavy atom. The molecule has 1 aromatic rings. The SMILES string of the molecule is CC(C)(N)CNC(=O)CCNS(=O)(=O)c1ccc(OC(F)(F)F)cc1. The van der Waals surface area contributed by atoms with Crippen molar-refractivity contribution in [1.29, 1.82) is 0 Å². The van der Waals surface area contributed by atoms with Crippen molar-refractivity contribution < 1.29 is 31.1 Å². The van der Waals surface area contributed by atoms with E-state index in [1.807, 2.05) is 0 Å². The van der Waals surface area contributed by atoms with Crippen molar-refractivity contribution in [3.05, 3.63) is 24.3 Å². The van der Waals surface area contributed by atoms with Crippen LogP contribution in [0.1, 0.15) is 20.3 Å². The van der Waals surface area contributed by atoms with Gasteiger partial charge in [-0.05, 0) is 38.1 Å². The molecule has 0 unspecified atom stereocenters. The number of ether oxygens (including phenoxy) is 1. The number of hydrogen-bond donors (Lipinski definition) is 3. The molecular weight excluding hydrogens is 363 g/mol. The maximum atomic E-state index is 12.1. The molecule has 1 aromatic carbocycles. The number of carbonyl (C=O) groups excluding carboxylic acids is 1. The molecule has 0 fully saturated rings. The van der Waals surface area contributed by atoms with Crippen molar-refractivity contribution in [2.24, 2.45) is 5.73 Å². The summed E-state index contributed by atoms with van der Waals surface area (Å²) in [6.45, 7) is 3.52. The highest BCUT2D eigenvalue weighted by Gasteiger charge is 2.31. The van der Waals surface area contributed by atoms with E-state index in [-0.39, 0.29) is 30.3 Å². The molecule has 142 valence electrons. The predicted octanol–water partition coefficient (Wildman–Crippen LogP) is 1.11. The molecule has 7 nitrogen and oxygen atoms in total. The fourth-order valence-electron chi connectivity index (χ4n) is 1.62. The Kier molecular flexibility index (Phi) is 6.80. The van der Waals surface area contributed by atoms with Gasteiger partial charge in [-0.15, -0.1) is 13.2 Å². The van der Waals surface area contributed by atoms with E-state index in [1.54, 1.807) is 13.8 Å². The van der Waals surface area contributed by atoms with E-state index in [9.17, 15) is 26.4 Å². The van der Waals surface area contributed by atoms with Gasteiger partial charge in [0.05, 0.1) is 4.90 Å². The summed E-state index contributed by atoms with van der Waals surface area (Å²) in [6, 6.07) is 3.72. The van der Waals surface area contributed by atoms with Crippen molar-refractivity contribution in [1.82, 2.24) is 10.0 Å². The Balaban J connectivity index is 2.54. The van der Waals surface area contributed by atoms with Gasteiger partial charge in [0.2, 0.25) is 15.9 Å². The third-order valence-corrected chi connectivity index (χ3v) is 4.23. The second-order valence-electron chi connectivity index (χ2n) is 5.93. The van der Waals surface area contributed by atoms with Crippen LogP contribution in [0.2, 0.25) is 0 Å². The number of nitrogens with two attached hydrogens (primary N) is 1. The summed E-state index contributed by atoms with van der Waals surface area (Å²) < 4.78 is 66.0. The third-order valence-electron chi connectivity index (χ3n) is 2.75. The van der Waals surface area contributed by atoms with Gasteiger partial charge in [0.15, 0.2) is 0 Å². The number of halogens is 3. The maximum absolute atomic E-state index is 12.1. The molecule has 0 saturated heterocycles. The van der Waals surface area contributed by atoms with Crippen LogP contribution >= 0.6 is 0 Å². The average Bonchev–Trinajstić information content (AvgIpc) is 2.43. The van der Waals surface area contributed by atoms with Crippen LogP contribution in [0.5, 0.6) is 5.75 Å². The van der Waals surface area contributed by atoms with E-state index < -0.39 is 27.7 Å². The van der Waals surface area contributed by atoms with Gasteiger partial charge in [-0.3, -0.25) is 4.79 Å². The van der Waals surface area contributed by atoms with Crippen LogP contribution in [0.3, 0.4) is 0 Å². The average molecular weight is 383 g/mol. The van der Waals surface area contributed by atoms with Crippen LogP contribution in [-0.2, 0) is 14.8 Å². The number of sulfonamides is 1. The lowest BCUT2D eigenvalue weighted by Gasteiger charge is -2.18. The molecule has 0 radical (unpaired) electrons. The van der Waals surface area contributed by atoms with Crippen molar-refractivity contribution in [2.75, 3.05) is 13.1 Å². The highest BCUT2D eigenvalue weighted by molar-refractivity contribution is 7.89. The normalized spacial score (nSPS) is 12.7. The van der Waals surface area contributed by atoms with Crippen LogP contribution in [0.15, 0.2) is 29.2 Å². The summed E-state index contributed by atoms with van der Waals surface area (Å²) in [5, 5.41) is 2.56. The Hall–Kier alpha value is -1.85. The minimum Gasteiger partial charge on any atom is -0.406 e. The molecule has 0 heterocycles. The standard InChI is InChI=1S/C14H20F3N3O4S/c1-13(2,18)9-19-12(21)7-8-20-25(22,23)11-5-3-10(4-6-11)24-14(15,16)17/h3-6,20H,7-9,18H2,1-2H3,(H,19,21). The van der Waals surface area contributed by atoms with Gasteiger partial charge >= 0.3 is 6.36 Å². The topological polar surface area (TPSA) is 111 Å². The fourth-order valence-corrected chi connectivity index (χ4v) is 2.65. The molecule has 0 spiro atoms. The Bertz CT molecular complexity index is 683. The number of benzene rings is 1. The van der Waals surface area contributed by atoms with E-state index in [1.165, 1.54) is 0 Å². The molecule has 0 saturated carbocycles. The smallest absolute Gasteiger partial charge is 0.406 e. The number of hydrogen-bond acceptors (Lipinski definition) is 5. The molecular formula is C14H20F3N3O4S. The highest BCUT2D eigenvalue weighted by Crippen LogP contribution is 2.23. The molecule has 0 aliphatic rings. The van der Waals surface area contributed by atoms with E-state index in [4.69, 9.17) is 5.73 Å². The van der Waals surface area contributed by atoms with Crippen LogP contribution in [0.25, 0.3) is 0 Å². The van der Waals surface area contributed by atoms with E-state index in [0.29, 0.717) is 0 Å². The second-order valence-corrected chi connectivity index (χ2v) is 7.70. The van der Waals surface area contributed by atoms with Crippen LogP contribution in [0, 0.1) is 0 Å². The predicted molar refractivity (Wildman–Crippen MR) is 84.2 cm³/mol. The summed E-state index contributed by atoms with van der Waals surface area (Å²) in [5.74, 6) is -0.912. The lowest BCUT2D eigenvalue weighted by atomic mass is 10.1. The number of rotatable bonds is 8. The summed E-state index contributed by atoms with van der Waals surface area (Å²) in [4.78, 5) is 11.3. The van der Waals surface area contributed by atoms with Crippen LogP contribution in [-0.4, -0.2) is 39.3 Å². The lowest BCUT2D eigenvalue weighted by molar-refractivity contribution is -0.274. The largest absolute Gasteiger partial charge is 0.573 e. The zero-order valence-corrected chi connectivity index (χ0v) is 14.5. The van der Waals surface area contributed by atoms with Gasteiger partial charge in [-0.2, -0.15) is 0 Å². The van der Waals surface area contributed by atoms with Gasteiger partial charge in [0.1, 0.15) is 5.75 Å². The van der Waals surface area contributed by atoms with Crippen molar-refractivity contribution in [2.45, 2.75) is 37.1 Å². The molecule has 0 atom stereocenters. The minimum atomic E-state index is -4.86. The van der Waals surface area contributed by atoms with Crippen LogP contribution < -0.4 is 20.5 Å². The van der Waals surface area contributed by atoms with E-state index in [2.05, 4.69) is 14.8 Å². The number of nitrogens with one attached hydrogen (secondary N) is 2. The van der Waals surface area contributed by atoms with Gasteiger partial charge in [-0.25, -0.2) is 13.1 Å². The molecule has 0 bridgehead atoms. The van der Waals surface area contributed by atoms with Gasteiger partial charge < -0.3 is 15.8 Å². The Morgan fingerprint density at radius 1 is 1.20 bits per heavy atom. The Morgan fingerprint density at radius 2 is 1.76 bits per heavy atom. The minimum absolute atomic E-state index is 0.107. The molecule has 4 N–H and O–H groups in total. The summed E-state index contributed by atoms with van der Waals surface area (Å²) in [5.41, 5.74) is 5.11. The zero-order chi connectivity index (χ0) is 19.3. The van der Waals surface area contributed by atoms with Crippen molar-refractivity contribution in [3.8, 4) is 5.75 Å². The quantitative estimate of drug-likeness (QED) is 0.623. The zero-order valence-electron chi connectivity index (χ0n) is 13.7. The Labute approximate surface area is 143 Å². The number of carbonyl (C=O) groups is 1. The monoisotopic (exact) mass is 383 g/mol. The summed E-state index contributed by atoms with van der Waals surface area (Å²) in [6.07, 6.45) is -4.96. The molecule has 1 amide bonds. The fraction of sp³-hybridized carbons (Fsp3) is 0.500. The number of amides is 1. The second kappa shape index (κ2) is 8.02. The first kappa shape index (κ1) is 21.2. The summed E-state index contributed by atoms with van der Waals surface area (Å²) >= 11 is 0. The first-order valence-corrected chi connectivity index (χ1v) is 8.68. The highest BCUT2D eigenvalue weighted by atomic mass is 32.2.